The fourth-order valence-electron chi connectivity index (χ4n) is 3.27. The third kappa shape index (κ3) is 4.02. The Hall–Kier alpha value is -2.95. The molecule has 1 aliphatic heterocycles. The minimum atomic E-state index is -0.210. The van der Waals surface area contributed by atoms with E-state index in [0.29, 0.717) is 39.3 Å². The molecule has 0 fully saturated rings. The van der Waals surface area contributed by atoms with Crippen molar-refractivity contribution in [3.05, 3.63) is 92.7 Å². The van der Waals surface area contributed by atoms with E-state index in [4.69, 9.17) is 37.4 Å². The number of allylic oxidation sites excluding steroid dienone is 1. The number of ketones is 1. The first-order valence-corrected chi connectivity index (χ1v) is 10.0. The Bertz CT molecular complexity index is 1150. The van der Waals surface area contributed by atoms with Crippen LogP contribution in [-0.4, -0.2) is 12.9 Å². The molecule has 0 amide bonds. The smallest absolute Gasteiger partial charge is 0.232 e. The first-order chi connectivity index (χ1) is 14.5. The molecular weight excluding hydrogens is 423 g/mol. The molecule has 4 rings (SSSR count). The highest BCUT2D eigenvalue weighted by Crippen LogP contribution is 2.39. The summed E-state index contributed by atoms with van der Waals surface area (Å²) >= 11 is 12.4. The summed E-state index contributed by atoms with van der Waals surface area (Å²) in [7, 11) is 1.62. The van der Waals surface area contributed by atoms with Crippen molar-refractivity contribution in [3.8, 4) is 17.2 Å². The van der Waals surface area contributed by atoms with Gasteiger partial charge < -0.3 is 14.2 Å². The van der Waals surface area contributed by atoms with E-state index in [1.807, 2.05) is 37.3 Å². The van der Waals surface area contributed by atoms with Gasteiger partial charge in [0.25, 0.3) is 0 Å². The van der Waals surface area contributed by atoms with Crippen LogP contribution in [0.15, 0.2) is 60.4 Å². The van der Waals surface area contributed by atoms with Crippen molar-refractivity contribution < 1.29 is 19.0 Å². The van der Waals surface area contributed by atoms with Crippen LogP contribution in [-0.2, 0) is 6.61 Å². The molecule has 1 aliphatic rings. The lowest BCUT2D eigenvalue weighted by Gasteiger charge is -2.10. The number of Topliss-reactive ketones (excluding diaryl/α,β-unsaturated/α-hetero) is 1. The van der Waals surface area contributed by atoms with Crippen molar-refractivity contribution >= 4 is 35.1 Å². The maximum Gasteiger partial charge on any atom is 0.232 e. The van der Waals surface area contributed by atoms with E-state index in [1.54, 1.807) is 37.5 Å². The number of methoxy groups -OCH3 is 1. The molecule has 0 bridgehead atoms. The topological polar surface area (TPSA) is 44.8 Å². The molecule has 6 heteroatoms. The lowest BCUT2D eigenvalue weighted by Crippen LogP contribution is -2.00. The molecule has 0 aromatic heterocycles. The fraction of sp³-hybridized carbons (Fsp3) is 0.125. The van der Waals surface area contributed by atoms with Crippen molar-refractivity contribution in [2.75, 3.05) is 7.11 Å². The molecule has 0 aliphatic carbocycles. The summed E-state index contributed by atoms with van der Waals surface area (Å²) in [6.45, 7) is 2.21. The van der Waals surface area contributed by atoms with Crippen LogP contribution in [0.2, 0.25) is 10.0 Å². The van der Waals surface area contributed by atoms with Crippen LogP contribution >= 0.6 is 23.2 Å². The Morgan fingerprint density at radius 3 is 2.47 bits per heavy atom. The number of fused-ring (bicyclic) bond motifs is 1. The molecule has 0 saturated heterocycles. The molecule has 0 spiro atoms. The SMILES string of the molecule is COc1cccc(COc2cc(C)c3c(c2)O/C(=C\c2c(Cl)cccc2Cl)C3=O)c1. The lowest BCUT2D eigenvalue weighted by atomic mass is 10.0. The Balaban J connectivity index is 1.59. The monoisotopic (exact) mass is 440 g/mol. The average Bonchev–Trinajstić information content (AvgIpc) is 3.05. The van der Waals surface area contributed by atoms with Crippen molar-refractivity contribution in [1.82, 2.24) is 0 Å². The average molecular weight is 441 g/mol. The molecule has 4 nitrogen and oxygen atoms in total. The summed E-state index contributed by atoms with van der Waals surface area (Å²) in [6, 6.07) is 16.4. The number of carbonyl (C=O) groups is 1. The van der Waals surface area contributed by atoms with Crippen molar-refractivity contribution in [1.29, 1.82) is 0 Å². The molecule has 1 heterocycles. The van der Waals surface area contributed by atoms with Gasteiger partial charge in [-0.3, -0.25) is 4.79 Å². The van der Waals surface area contributed by atoms with Gasteiger partial charge in [0.2, 0.25) is 5.78 Å². The first kappa shape index (κ1) is 20.3. The number of rotatable bonds is 5. The molecule has 152 valence electrons. The molecule has 0 atom stereocenters. The summed E-state index contributed by atoms with van der Waals surface area (Å²) < 4.78 is 17.0. The third-order valence-corrected chi connectivity index (χ3v) is 5.42. The van der Waals surface area contributed by atoms with Gasteiger partial charge in [-0.15, -0.1) is 0 Å². The summed E-state index contributed by atoms with van der Waals surface area (Å²) in [6.07, 6.45) is 1.57. The molecular formula is C24H18Cl2O4. The van der Waals surface area contributed by atoms with E-state index in [1.165, 1.54) is 0 Å². The zero-order chi connectivity index (χ0) is 21.3. The predicted molar refractivity (Wildman–Crippen MR) is 118 cm³/mol. The second-order valence-corrected chi connectivity index (χ2v) is 7.64. The van der Waals surface area contributed by atoms with Crippen molar-refractivity contribution in [2.45, 2.75) is 13.5 Å². The quantitative estimate of drug-likeness (QED) is 0.424. The van der Waals surface area contributed by atoms with Gasteiger partial charge in [-0.25, -0.2) is 0 Å². The molecule has 0 radical (unpaired) electrons. The number of ether oxygens (including phenoxy) is 3. The van der Waals surface area contributed by atoms with Crippen LogP contribution in [0.5, 0.6) is 17.2 Å². The fourth-order valence-corrected chi connectivity index (χ4v) is 3.78. The van der Waals surface area contributed by atoms with Gasteiger partial charge in [-0.2, -0.15) is 0 Å². The summed E-state index contributed by atoms with van der Waals surface area (Å²) in [4.78, 5) is 12.9. The molecule has 0 unspecified atom stereocenters. The highest BCUT2D eigenvalue weighted by atomic mass is 35.5. The zero-order valence-electron chi connectivity index (χ0n) is 16.4. The van der Waals surface area contributed by atoms with Crippen LogP contribution in [0, 0.1) is 6.92 Å². The number of hydrogen-bond donors (Lipinski definition) is 0. The maximum absolute atomic E-state index is 12.9. The van der Waals surface area contributed by atoms with Crippen molar-refractivity contribution in [2.24, 2.45) is 0 Å². The molecule has 3 aromatic carbocycles. The second kappa shape index (κ2) is 8.42. The summed E-state index contributed by atoms with van der Waals surface area (Å²) in [5.74, 6) is 1.79. The van der Waals surface area contributed by atoms with Gasteiger partial charge in [0.1, 0.15) is 23.9 Å². The largest absolute Gasteiger partial charge is 0.497 e. The number of halogens is 2. The van der Waals surface area contributed by atoms with Gasteiger partial charge in [0.15, 0.2) is 5.76 Å². The molecule has 0 N–H and O–H groups in total. The van der Waals surface area contributed by atoms with Crippen LogP contribution in [0.3, 0.4) is 0 Å². The van der Waals surface area contributed by atoms with Crippen LogP contribution in [0.25, 0.3) is 6.08 Å². The Labute approximate surface area is 184 Å². The van der Waals surface area contributed by atoms with Gasteiger partial charge in [0, 0.05) is 21.7 Å². The Morgan fingerprint density at radius 2 is 1.73 bits per heavy atom. The molecule has 3 aromatic rings. The summed E-state index contributed by atoms with van der Waals surface area (Å²) in [5, 5.41) is 0.891. The standard InChI is InChI=1S/C24H18Cl2O4/c1-14-9-17(29-13-15-5-3-6-16(10-15)28-2)11-21-23(14)24(27)22(30-21)12-18-19(25)7-4-8-20(18)26/h3-12H,13H2,1-2H3/b22-12-. The number of carbonyl (C=O) groups excluding carboxylic acids is 1. The van der Waals surface area contributed by atoms with E-state index in [0.717, 1.165) is 16.9 Å². The minimum Gasteiger partial charge on any atom is -0.497 e. The molecule has 0 saturated carbocycles. The van der Waals surface area contributed by atoms with Gasteiger partial charge in [-0.05, 0) is 54.5 Å². The van der Waals surface area contributed by atoms with Gasteiger partial charge >= 0.3 is 0 Å². The molecule has 30 heavy (non-hydrogen) atoms. The number of hydrogen-bond acceptors (Lipinski definition) is 4. The van der Waals surface area contributed by atoms with E-state index in [2.05, 4.69) is 0 Å². The van der Waals surface area contributed by atoms with Crippen LogP contribution < -0.4 is 14.2 Å². The third-order valence-electron chi connectivity index (χ3n) is 4.76. The van der Waals surface area contributed by atoms with Gasteiger partial charge in [-0.1, -0.05) is 41.4 Å². The predicted octanol–water partition coefficient (Wildman–Crippen LogP) is 6.51. The lowest BCUT2D eigenvalue weighted by molar-refractivity contribution is 0.101. The van der Waals surface area contributed by atoms with Crippen LogP contribution in [0.4, 0.5) is 0 Å². The Morgan fingerprint density at radius 1 is 1.00 bits per heavy atom. The summed E-state index contributed by atoms with van der Waals surface area (Å²) in [5.41, 5.74) is 2.80. The number of aryl methyl sites for hydroxylation is 1. The first-order valence-electron chi connectivity index (χ1n) is 9.25. The van der Waals surface area contributed by atoms with E-state index < -0.39 is 0 Å². The van der Waals surface area contributed by atoms with E-state index in [-0.39, 0.29) is 11.5 Å². The normalized spacial score (nSPS) is 13.9. The highest BCUT2D eigenvalue weighted by Gasteiger charge is 2.30. The zero-order valence-corrected chi connectivity index (χ0v) is 17.9. The highest BCUT2D eigenvalue weighted by molar-refractivity contribution is 6.37. The maximum atomic E-state index is 12.9. The number of benzene rings is 3. The van der Waals surface area contributed by atoms with Crippen molar-refractivity contribution in [3.63, 3.8) is 0 Å². The van der Waals surface area contributed by atoms with E-state index in [9.17, 15) is 4.79 Å². The van der Waals surface area contributed by atoms with Gasteiger partial charge in [0.05, 0.1) is 12.7 Å². The van der Waals surface area contributed by atoms with E-state index >= 15 is 0 Å². The van der Waals surface area contributed by atoms with Crippen LogP contribution in [0.1, 0.15) is 27.0 Å². The Kier molecular flexibility index (Phi) is 5.71. The second-order valence-electron chi connectivity index (χ2n) is 6.83. The minimum absolute atomic E-state index is 0.174.